The first kappa shape index (κ1) is 12.3. The molecule has 0 saturated carbocycles. The van der Waals surface area contributed by atoms with Crippen molar-refractivity contribution < 1.29 is 9.13 Å². The summed E-state index contributed by atoms with van der Waals surface area (Å²) in [6.07, 6.45) is 1.08. The number of nitrogens with one attached hydrogen (secondary N) is 1. The summed E-state index contributed by atoms with van der Waals surface area (Å²) >= 11 is 0. The minimum Gasteiger partial charge on any atom is -0.436 e. The number of nitrogens with zero attached hydrogens (tertiary/aromatic N) is 2. The van der Waals surface area contributed by atoms with Crippen molar-refractivity contribution in [1.29, 1.82) is 0 Å². The van der Waals surface area contributed by atoms with Gasteiger partial charge in [-0.2, -0.15) is 9.37 Å². The van der Waals surface area contributed by atoms with Crippen molar-refractivity contribution in [2.24, 2.45) is 0 Å². The molecule has 3 rings (SSSR count). The van der Waals surface area contributed by atoms with Gasteiger partial charge in [-0.15, -0.1) is 0 Å². The van der Waals surface area contributed by atoms with Crippen molar-refractivity contribution in [3.05, 3.63) is 54.5 Å². The molecule has 0 bridgehead atoms. The zero-order valence-electron chi connectivity index (χ0n) is 10.8. The molecule has 0 aliphatic heterocycles. The molecule has 1 aromatic heterocycles. The van der Waals surface area contributed by atoms with Crippen molar-refractivity contribution in [3.63, 3.8) is 0 Å². The van der Waals surface area contributed by atoms with E-state index >= 15 is 0 Å². The summed E-state index contributed by atoms with van der Waals surface area (Å²) in [5.74, 6) is 0.141. The molecule has 4 nitrogen and oxygen atoms in total. The Morgan fingerprint density at radius 3 is 2.70 bits per heavy atom. The van der Waals surface area contributed by atoms with Crippen molar-refractivity contribution in [3.8, 4) is 11.6 Å². The topological polar surface area (TPSA) is 47.0 Å². The molecule has 0 radical (unpaired) electrons. The van der Waals surface area contributed by atoms with E-state index < -0.39 is 5.82 Å². The second kappa shape index (κ2) is 5.13. The monoisotopic (exact) mass is 269 g/mol. The second-order valence-electron chi connectivity index (χ2n) is 4.21. The predicted molar refractivity (Wildman–Crippen MR) is 75.6 cm³/mol. The van der Waals surface area contributed by atoms with Crippen LogP contribution in [0, 0.1) is 5.82 Å². The first-order chi connectivity index (χ1) is 9.76. The summed E-state index contributed by atoms with van der Waals surface area (Å²) in [6, 6.07) is 13.4. The van der Waals surface area contributed by atoms with Crippen LogP contribution in [0.15, 0.2) is 48.7 Å². The summed E-state index contributed by atoms with van der Waals surface area (Å²) in [7, 11) is 1.66. The van der Waals surface area contributed by atoms with Gasteiger partial charge in [-0.25, -0.2) is 4.98 Å². The van der Waals surface area contributed by atoms with E-state index in [4.69, 9.17) is 4.74 Å². The molecule has 0 unspecified atom stereocenters. The molecule has 0 atom stereocenters. The first-order valence-electron chi connectivity index (χ1n) is 6.13. The average Bonchev–Trinajstić information content (AvgIpc) is 2.49. The fourth-order valence-corrected chi connectivity index (χ4v) is 1.89. The number of ether oxygens (including phenoxy) is 1. The number of anilines is 1. The number of hydrogen-bond acceptors (Lipinski definition) is 4. The summed E-state index contributed by atoms with van der Waals surface area (Å²) in [5.41, 5.74) is 0. The van der Waals surface area contributed by atoms with Gasteiger partial charge in [-0.1, -0.05) is 30.3 Å². The van der Waals surface area contributed by atoms with Crippen LogP contribution in [0.4, 0.5) is 10.3 Å². The van der Waals surface area contributed by atoms with Crippen LogP contribution in [-0.4, -0.2) is 17.0 Å². The van der Waals surface area contributed by atoms with Gasteiger partial charge in [0.05, 0.1) is 6.20 Å². The Morgan fingerprint density at radius 1 is 1.10 bits per heavy atom. The van der Waals surface area contributed by atoms with Gasteiger partial charge in [0.1, 0.15) is 5.75 Å². The van der Waals surface area contributed by atoms with Crippen LogP contribution in [0.5, 0.6) is 11.6 Å². The maximum absolute atomic E-state index is 13.6. The van der Waals surface area contributed by atoms with E-state index in [-0.39, 0.29) is 5.88 Å². The lowest BCUT2D eigenvalue weighted by atomic mass is 10.1. The van der Waals surface area contributed by atoms with Crippen LogP contribution in [0.3, 0.4) is 0 Å². The second-order valence-corrected chi connectivity index (χ2v) is 4.21. The fourth-order valence-electron chi connectivity index (χ4n) is 1.89. The maximum Gasteiger partial charge on any atom is 0.260 e. The van der Waals surface area contributed by atoms with Gasteiger partial charge in [0.2, 0.25) is 11.8 Å². The van der Waals surface area contributed by atoms with E-state index in [9.17, 15) is 4.39 Å². The number of fused-ring (bicyclic) bond motifs is 1. The molecule has 2 aromatic carbocycles. The zero-order chi connectivity index (χ0) is 13.9. The van der Waals surface area contributed by atoms with Crippen LogP contribution in [0.25, 0.3) is 10.8 Å². The minimum absolute atomic E-state index is 0.0976. The number of benzene rings is 2. The van der Waals surface area contributed by atoms with Gasteiger partial charge in [0.15, 0.2) is 0 Å². The molecule has 0 aliphatic carbocycles. The maximum atomic E-state index is 13.6. The molecule has 3 aromatic rings. The Balaban J connectivity index is 1.96. The SMILES string of the molecule is CNc1ncc(F)c(Oc2ccc3ccccc3c2)n1. The molecule has 0 saturated heterocycles. The van der Waals surface area contributed by atoms with E-state index in [0.717, 1.165) is 17.0 Å². The molecule has 20 heavy (non-hydrogen) atoms. The highest BCUT2D eigenvalue weighted by Crippen LogP contribution is 2.26. The summed E-state index contributed by atoms with van der Waals surface area (Å²) < 4.78 is 19.1. The summed E-state index contributed by atoms with van der Waals surface area (Å²) in [4.78, 5) is 7.72. The smallest absolute Gasteiger partial charge is 0.260 e. The third kappa shape index (κ3) is 2.38. The van der Waals surface area contributed by atoms with E-state index in [2.05, 4.69) is 15.3 Å². The molecule has 0 fully saturated rings. The quantitative estimate of drug-likeness (QED) is 0.789. The molecule has 100 valence electrons. The van der Waals surface area contributed by atoms with Crippen molar-refractivity contribution in [2.45, 2.75) is 0 Å². The highest BCUT2D eigenvalue weighted by Gasteiger charge is 2.09. The standard InChI is InChI=1S/C15H12FN3O/c1-17-15-18-9-13(16)14(19-15)20-12-7-6-10-4-2-3-5-11(10)8-12/h2-9H,1H3,(H,17,18,19). The number of halogens is 1. The number of rotatable bonds is 3. The molecule has 0 spiro atoms. The Morgan fingerprint density at radius 2 is 1.90 bits per heavy atom. The van der Waals surface area contributed by atoms with E-state index in [0.29, 0.717) is 11.7 Å². The number of hydrogen-bond donors (Lipinski definition) is 1. The van der Waals surface area contributed by atoms with Crippen LogP contribution in [-0.2, 0) is 0 Å². The lowest BCUT2D eigenvalue weighted by Crippen LogP contribution is -2.00. The lowest BCUT2D eigenvalue weighted by Gasteiger charge is -2.07. The number of aromatic nitrogens is 2. The van der Waals surface area contributed by atoms with Crippen LogP contribution in [0.1, 0.15) is 0 Å². The lowest BCUT2D eigenvalue weighted by molar-refractivity contribution is 0.421. The average molecular weight is 269 g/mol. The van der Waals surface area contributed by atoms with Gasteiger partial charge in [-0.05, 0) is 22.9 Å². The normalized spacial score (nSPS) is 10.5. The van der Waals surface area contributed by atoms with Crippen LogP contribution >= 0.6 is 0 Å². The van der Waals surface area contributed by atoms with Gasteiger partial charge in [-0.3, -0.25) is 0 Å². The molecular weight excluding hydrogens is 257 g/mol. The Hall–Kier alpha value is -2.69. The van der Waals surface area contributed by atoms with E-state index in [1.807, 2.05) is 36.4 Å². The molecule has 0 amide bonds. The minimum atomic E-state index is -0.600. The van der Waals surface area contributed by atoms with Crippen molar-refractivity contribution in [1.82, 2.24) is 9.97 Å². The molecule has 1 N–H and O–H groups in total. The highest BCUT2D eigenvalue weighted by atomic mass is 19.1. The van der Waals surface area contributed by atoms with Gasteiger partial charge in [0, 0.05) is 7.05 Å². The van der Waals surface area contributed by atoms with Crippen molar-refractivity contribution >= 4 is 16.7 Å². The molecule has 5 heteroatoms. The molecular formula is C15H12FN3O. The van der Waals surface area contributed by atoms with Crippen LogP contribution in [0.2, 0.25) is 0 Å². The Kier molecular flexibility index (Phi) is 3.16. The van der Waals surface area contributed by atoms with E-state index in [1.165, 1.54) is 0 Å². The van der Waals surface area contributed by atoms with Crippen molar-refractivity contribution in [2.75, 3.05) is 12.4 Å². The first-order valence-corrected chi connectivity index (χ1v) is 6.13. The zero-order valence-corrected chi connectivity index (χ0v) is 10.8. The Bertz CT molecular complexity index is 761. The summed E-state index contributed by atoms with van der Waals surface area (Å²) in [6.45, 7) is 0. The fraction of sp³-hybridized carbons (Fsp3) is 0.0667. The molecule has 0 aliphatic rings. The predicted octanol–water partition coefficient (Wildman–Crippen LogP) is 3.60. The van der Waals surface area contributed by atoms with Crippen LogP contribution < -0.4 is 10.1 Å². The molecule has 1 heterocycles. The van der Waals surface area contributed by atoms with Gasteiger partial charge < -0.3 is 10.1 Å². The third-order valence-corrected chi connectivity index (χ3v) is 2.87. The highest BCUT2D eigenvalue weighted by molar-refractivity contribution is 5.83. The summed E-state index contributed by atoms with van der Waals surface area (Å²) in [5, 5.41) is 4.86. The van der Waals surface area contributed by atoms with E-state index in [1.54, 1.807) is 13.1 Å². The Labute approximate surface area is 115 Å². The largest absolute Gasteiger partial charge is 0.436 e. The third-order valence-electron chi connectivity index (χ3n) is 2.87. The van der Waals surface area contributed by atoms with Gasteiger partial charge in [0.25, 0.3) is 5.88 Å². The van der Waals surface area contributed by atoms with Gasteiger partial charge >= 0.3 is 0 Å².